The molecule has 0 radical (unpaired) electrons. The van der Waals surface area contributed by atoms with Crippen LogP contribution in [0.2, 0.25) is 0 Å². The normalized spacial score (nSPS) is 27.0. The molecular weight excluding hydrogens is 292 g/mol. The summed E-state index contributed by atoms with van der Waals surface area (Å²) in [6.07, 6.45) is 2.68. The fraction of sp³-hybridized carbons (Fsp3) is 0.556. The van der Waals surface area contributed by atoms with Crippen LogP contribution in [0.5, 0.6) is 0 Å². The lowest BCUT2D eigenvalue weighted by Crippen LogP contribution is -2.37. The quantitative estimate of drug-likeness (QED) is 0.895. The number of carbonyl (C=O) groups excluding carboxylic acids is 1. The maximum Gasteiger partial charge on any atom is 0.311 e. The maximum absolute atomic E-state index is 12.4. The molecule has 1 heterocycles. The zero-order valence-corrected chi connectivity index (χ0v) is 13.8. The topological polar surface area (TPSA) is 69.6 Å². The maximum atomic E-state index is 12.4. The minimum absolute atomic E-state index is 0.0667. The standard InChI is InChI=1S/C18H24N2O3/c1-12-5-3-6-13(2)16(12)19-15(21)10-20-9-14-7-4-8-18(14,11-20)17(22)23/h3,5-6,14H,4,7-11H2,1-2H3,(H,19,21)(H,22,23)/t14-,18+/m0/s1. The summed E-state index contributed by atoms with van der Waals surface area (Å²) >= 11 is 0. The number of likely N-dealkylation sites (tertiary alicyclic amines) is 1. The van der Waals surface area contributed by atoms with Crippen molar-refractivity contribution in [1.29, 1.82) is 0 Å². The van der Waals surface area contributed by atoms with E-state index in [1.54, 1.807) is 0 Å². The van der Waals surface area contributed by atoms with Gasteiger partial charge in [-0.1, -0.05) is 24.6 Å². The minimum Gasteiger partial charge on any atom is -0.481 e. The number of nitrogens with zero attached hydrogens (tertiary/aromatic N) is 1. The Balaban J connectivity index is 1.65. The number of rotatable bonds is 4. The Morgan fingerprint density at radius 1 is 1.35 bits per heavy atom. The summed E-state index contributed by atoms with van der Waals surface area (Å²) in [5, 5.41) is 12.6. The average Bonchev–Trinajstić information content (AvgIpc) is 3.00. The second-order valence-electron chi connectivity index (χ2n) is 7.04. The molecule has 23 heavy (non-hydrogen) atoms. The summed E-state index contributed by atoms with van der Waals surface area (Å²) in [6, 6.07) is 5.92. The van der Waals surface area contributed by atoms with E-state index in [2.05, 4.69) is 5.32 Å². The van der Waals surface area contributed by atoms with Crippen LogP contribution in [0, 0.1) is 25.2 Å². The Morgan fingerprint density at radius 2 is 2.04 bits per heavy atom. The van der Waals surface area contributed by atoms with Crippen LogP contribution in [0.4, 0.5) is 5.69 Å². The van der Waals surface area contributed by atoms with Crippen molar-refractivity contribution < 1.29 is 14.7 Å². The summed E-state index contributed by atoms with van der Waals surface area (Å²) in [4.78, 5) is 26.1. The van der Waals surface area contributed by atoms with E-state index in [-0.39, 0.29) is 18.4 Å². The first-order valence-corrected chi connectivity index (χ1v) is 8.24. The fourth-order valence-electron chi connectivity index (χ4n) is 4.26. The molecule has 5 heteroatoms. The molecule has 1 aromatic carbocycles. The third kappa shape index (κ3) is 2.85. The minimum atomic E-state index is -0.697. The van der Waals surface area contributed by atoms with E-state index in [1.807, 2.05) is 36.9 Å². The largest absolute Gasteiger partial charge is 0.481 e. The van der Waals surface area contributed by atoms with Gasteiger partial charge < -0.3 is 10.4 Å². The van der Waals surface area contributed by atoms with E-state index in [0.717, 1.165) is 36.1 Å². The van der Waals surface area contributed by atoms with E-state index in [9.17, 15) is 14.7 Å². The van der Waals surface area contributed by atoms with Gasteiger partial charge in [-0.05, 0) is 43.7 Å². The predicted octanol–water partition coefficient (Wildman–Crippen LogP) is 2.43. The number of aryl methyl sites for hydroxylation is 2. The second kappa shape index (κ2) is 5.96. The van der Waals surface area contributed by atoms with Gasteiger partial charge >= 0.3 is 5.97 Å². The van der Waals surface area contributed by atoms with Gasteiger partial charge in [0.2, 0.25) is 5.91 Å². The molecule has 1 aliphatic carbocycles. The van der Waals surface area contributed by atoms with Crippen molar-refractivity contribution in [3.8, 4) is 0 Å². The van der Waals surface area contributed by atoms with Gasteiger partial charge in [0.05, 0.1) is 12.0 Å². The van der Waals surface area contributed by atoms with E-state index < -0.39 is 11.4 Å². The van der Waals surface area contributed by atoms with Gasteiger partial charge in [-0.15, -0.1) is 0 Å². The Bertz CT molecular complexity index is 623. The smallest absolute Gasteiger partial charge is 0.311 e. The highest BCUT2D eigenvalue weighted by Gasteiger charge is 2.54. The zero-order chi connectivity index (χ0) is 16.6. The van der Waals surface area contributed by atoms with E-state index in [4.69, 9.17) is 0 Å². The van der Waals surface area contributed by atoms with Crippen molar-refractivity contribution in [3.05, 3.63) is 29.3 Å². The molecule has 2 atom stereocenters. The Morgan fingerprint density at radius 3 is 2.65 bits per heavy atom. The first kappa shape index (κ1) is 16.0. The lowest BCUT2D eigenvalue weighted by molar-refractivity contribution is -0.149. The number of nitrogens with one attached hydrogen (secondary N) is 1. The Hall–Kier alpha value is -1.88. The molecule has 124 valence electrons. The van der Waals surface area contributed by atoms with Crippen LogP contribution in [0.1, 0.15) is 30.4 Å². The van der Waals surface area contributed by atoms with Crippen LogP contribution in [0.15, 0.2) is 18.2 Å². The number of para-hydroxylation sites is 1. The number of hydrogen-bond acceptors (Lipinski definition) is 3. The predicted molar refractivity (Wildman–Crippen MR) is 88.4 cm³/mol. The molecule has 5 nitrogen and oxygen atoms in total. The molecule has 0 aromatic heterocycles. The summed E-state index contributed by atoms with van der Waals surface area (Å²) in [5.41, 5.74) is 2.32. The number of amides is 1. The van der Waals surface area contributed by atoms with Crippen molar-refractivity contribution in [2.45, 2.75) is 33.1 Å². The third-order valence-electron chi connectivity index (χ3n) is 5.48. The number of aliphatic carboxylic acids is 1. The van der Waals surface area contributed by atoms with Gasteiger partial charge in [0.1, 0.15) is 0 Å². The van der Waals surface area contributed by atoms with Crippen LogP contribution >= 0.6 is 0 Å². The first-order valence-electron chi connectivity index (χ1n) is 8.24. The molecule has 0 bridgehead atoms. The van der Waals surface area contributed by atoms with Gasteiger partial charge in [-0.3, -0.25) is 14.5 Å². The lowest BCUT2D eigenvalue weighted by atomic mass is 9.81. The van der Waals surface area contributed by atoms with Crippen molar-refractivity contribution in [2.75, 3.05) is 25.0 Å². The number of fused-ring (bicyclic) bond motifs is 1. The monoisotopic (exact) mass is 316 g/mol. The zero-order valence-electron chi connectivity index (χ0n) is 13.8. The van der Waals surface area contributed by atoms with Crippen LogP contribution in [0.3, 0.4) is 0 Å². The van der Waals surface area contributed by atoms with Crippen molar-refractivity contribution >= 4 is 17.6 Å². The molecule has 1 saturated carbocycles. The number of carboxylic acids is 1. The molecule has 1 aromatic rings. The van der Waals surface area contributed by atoms with E-state index >= 15 is 0 Å². The highest BCUT2D eigenvalue weighted by Crippen LogP contribution is 2.48. The number of carboxylic acid groups (broad SMARTS) is 1. The third-order valence-corrected chi connectivity index (χ3v) is 5.48. The lowest BCUT2D eigenvalue weighted by Gasteiger charge is -2.23. The molecule has 1 amide bonds. The molecule has 2 fully saturated rings. The molecule has 1 saturated heterocycles. The molecule has 0 spiro atoms. The highest BCUT2D eigenvalue weighted by atomic mass is 16.4. The number of carbonyl (C=O) groups is 2. The SMILES string of the molecule is Cc1cccc(C)c1NC(=O)CN1C[C@@H]2CCC[C@@]2(C(=O)O)C1. The van der Waals surface area contributed by atoms with E-state index in [0.29, 0.717) is 13.1 Å². The molecule has 1 aliphatic heterocycles. The van der Waals surface area contributed by atoms with Crippen molar-refractivity contribution in [2.24, 2.45) is 11.3 Å². The van der Waals surface area contributed by atoms with Gasteiger partial charge in [-0.25, -0.2) is 0 Å². The first-order chi connectivity index (χ1) is 10.9. The van der Waals surface area contributed by atoms with Crippen LogP contribution in [0.25, 0.3) is 0 Å². The van der Waals surface area contributed by atoms with Gasteiger partial charge in [-0.2, -0.15) is 0 Å². The van der Waals surface area contributed by atoms with Crippen LogP contribution < -0.4 is 5.32 Å². The van der Waals surface area contributed by atoms with Gasteiger partial charge in [0.25, 0.3) is 0 Å². The Kier molecular flexibility index (Phi) is 4.15. The van der Waals surface area contributed by atoms with Gasteiger partial charge in [0.15, 0.2) is 0 Å². The molecule has 0 unspecified atom stereocenters. The Labute approximate surface area is 136 Å². The summed E-state index contributed by atoms with van der Waals surface area (Å²) in [7, 11) is 0. The van der Waals surface area contributed by atoms with Crippen LogP contribution in [-0.4, -0.2) is 41.5 Å². The molecule has 3 rings (SSSR count). The molecular formula is C18H24N2O3. The molecule has 2 aliphatic rings. The molecule has 2 N–H and O–H groups in total. The van der Waals surface area contributed by atoms with Crippen LogP contribution in [-0.2, 0) is 9.59 Å². The summed E-state index contributed by atoms with van der Waals surface area (Å²) < 4.78 is 0. The summed E-state index contributed by atoms with van der Waals surface area (Å²) in [5.74, 6) is -0.575. The van der Waals surface area contributed by atoms with Crippen molar-refractivity contribution in [1.82, 2.24) is 4.90 Å². The highest BCUT2D eigenvalue weighted by molar-refractivity contribution is 5.93. The second-order valence-corrected chi connectivity index (χ2v) is 7.04. The van der Waals surface area contributed by atoms with Crippen molar-refractivity contribution in [3.63, 3.8) is 0 Å². The van der Waals surface area contributed by atoms with Gasteiger partial charge in [0, 0.05) is 18.8 Å². The number of anilines is 1. The fourth-order valence-corrected chi connectivity index (χ4v) is 4.26. The average molecular weight is 316 g/mol. The summed E-state index contributed by atoms with van der Waals surface area (Å²) in [6.45, 7) is 5.42. The number of benzene rings is 1. The number of hydrogen-bond donors (Lipinski definition) is 2. The van der Waals surface area contributed by atoms with E-state index in [1.165, 1.54) is 0 Å².